The van der Waals surface area contributed by atoms with Crippen LogP contribution in [0.3, 0.4) is 0 Å². The molecular formula is C57H54Ge2N2. The van der Waals surface area contributed by atoms with Crippen molar-refractivity contribution in [1.29, 1.82) is 0 Å². The van der Waals surface area contributed by atoms with E-state index < -0.39 is 26.5 Å². The van der Waals surface area contributed by atoms with Crippen molar-refractivity contribution in [3.8, 4) is 11.1 Å². The molecule has 0 unspecified atom stereocenters. The molecular weight excluding hydrogens is 858 g/mol. The van der Waals surface area contributed by atoms with Gasteiger partial charge < -0.3 is 0 Å². The van der Waals surface area contributed by atoms with Crippen LogP contribution in [0.1, 0.15) is 25.0 Å². The Hall–Kier alpha value is -5.55. The standard InChI is InChI=1S/C57H54Ge2N2/c1-57(2)51-37-45(60(43-31-27-41(28-32-43)58(3,4)5)53-25-15-19-39-17-9-11-21-46(39)53)35-36-50(51)56-49-24-14-13-23-48(49)55(38-52(56)57)61(44-33-29-42(30-34-44)59(6,7)8)54-26-16-20-40-18-10-12-22-47(40)54/h9-38H,1-8H3. The average molecular weight is 912 g/mol. The van der Waals surface area contributed by atoms with E-state index in [4.69, 9.17) is 0 Å². The van der Waals surface area contributed by atoms with Gasteiger partial charge in [0, 0.05) is 0 Å². The van der Waals surface area contributed by atoms with E-state index in [-0.39, 0.29) is 5.41 Å². The first-order valence-corrected chi connectivity index (χ1v) is 36.5. The zero-order valence-electron chi connectivity index (χ0n) is 36.7. The van der Waals surface area contributed by atoms with Gasteiger partial charge in [0.15, 0.2) is 0 Å². The van der Waals surface area contributed by atoms with Crippen molar-refractivity contribution in [2.24, 2.45) is 0 Å². The number of hydrogen-bond acceptors (Lipinski definition) is 2. The quantitative estimate of drug-likeness (QED) is 0.140. The molecule has 10 rings (SSSR count). The van der Waals surface area contributed by atoms with E-state index in [0.29, 0.717) is 0 Å². The number of fused-ring (bicyclic) bond motifs is 7. The molecule has 1 aliphatic rings. The summed E-state index contributed by atoms with van der Waals surface area (Å²) in [6.07, 6.45) is 0. The van der Waals surface area contributed by atoms with Gasteiger partial charge in [0.25, 0.3) is 0 Å². The number of benzene rings is 9. The number of hydrogen-bond donors (Lipinski definition) is 0. The molecule has 0 heterocycles. The van der Waals surface area contributed by atoms with Crippen LogP contribution in [0.25, 0.3) is 43.4 Å². The summed E-state index contributed by atoms with van der Waals surface area (Å²) < 4.78 is 3.03. The van der Waals surface area contributed by atoms with Crippen LogP contribution < -0.4 is 18.6 Å². The summed E-state index contributed by atoms with van der Waals surface area (Å²) in [6, 6.07) is 68.9. The molecule has 0 amide bonds. The van der Waals surface area contributed by atoms with E-state index in [1.54, 1.807) is 0 Å². The van der Waals surface area contributed by atoms with Gasteiger partial charge in [-0.05, 0) is 0 Å². The van der Waals surface area contributed by atoms with Gasteiger partial charge in [0.1, 0.15) is 0 Å². The fourth-order valence-electron chi connectivity index (χ4n) is 9.74. The van der Waals surface area contributed by atoms with Crippen LogP contribution in [0.5, 0.6) is 0 Å². The Morgan fingerprint density at radius 1 is 0.361 bits per heavy atom. The minimum atomic E-state index is -2.05. The molecule has 9 aromatic rings. The Balaban J connectivity index is 1.18. The molecule has 0 N–H and O–H groups in total. The van der Waals surface area contributed by atoms with Gasteiger partial charge in [-0.25, -0.2) is 0 Å². The first kappa shape index (κ1) is 39.6. The van der Waals surface area contributed by atoms with Crippen LogP contribution in [0.15, 0.2) is 182 Å². The number of nitrogens with zero attached hydrogens (tertiary/aromatic N) is 2. The molecule has 0 atom stereocenters. The third-order valence-electron chi connectivity index (χ3n) is 13.1. The van der Waals surface area contributed by atoms with E-state index in [1.807, 2.05) is 0 Å². The zero-order chi connectivity index (χ0) is 42.3. The second-order valence-corrected chi connectivity index (χ2v) is 40.8. The summed E-state index contributed by atoms with van der Waals surface area (Å²) >= 11 is -4.08. The van der Waals surface area contributed by atoms with Gasteiger partial charge in [0.2, 0.25) is 0 Å². The summed E-state index contributed by atoms with van der Waals surface area (Å²) in [5.41, 5.74) is 12.2. The molecule has 0 aliphatic heterocycles. The topological polar surface area (TPSA) is 6.48 Å². The summed E-state index contributed by atoms with van der Waals surface area (Å²) in [7, 11) is 0. The second-order valence-electron chi connectivity index (χ2n) is 19.5. The normalized spacial score (nSPS) is 13.4. The molecule has 0 saturated heterocycles. The molecule has 0 radical (unpaired) electrons. The van der Waals surface area contributed by atoms with Crippen LogP contribution in [0, 0.1) is 0 Å². The molecule has 61 heavy (non-hydrogen) atoms. The van der Waals surface area contributed by atoms with Crippen molar-refractivity contribution in [3.63, 3.8) is 0 Å². The molecule has 0 fully saturated rings. The van der Waals surface area contributed by atoms with Gasteiger partial charge in [-0.3, -0.25) is 0 Å². The Morgan fingerprint density at radius 2 is 0.803 bits per heavy atom. The summed E-state index contributed by atoms with van der Waals surface area (Å²) in [5, 5.41) is 7.51. The second kappa shape index (κ2) is 14.8. The van der Waals surface area contributed by atoms with Crippen molar-refractivity contribution < 1.29 is 0 Å². The molecule has 2 nitrogen and oxygen atoms in total. The Morgan fingerprint density at radius 3 is 1.34 bits per heavy atom. The molecule has 1 aliphatic carbocycles. The molecule has 300 valence electrons. The number of rotatable bonds is 8. The maximum atomic E-state index is 2.53. The molecule has 0 aromatic heterocycles. The zero-order valence-corrected chi connectivity index (χ0v) is 40.9. The van der Waals surface area contributed by atoms with E-state index >= 15 is 0 Å². The Kier molecular flexibility index (Phi) is 9.61. The first-order valence-electron chi connectivity index (χ1n) is 21.8. The third kappa shape index (κ3) is 6.80. The Bertz CT molecular complexity index is 3120. The van der Waals surface area contributed by atoms with Crippen LogP contribution in [-0.2, 0) is 5.41 Å². The fourth-order valence-corrected chi connectivity index (χ4v) is 14.6. The van der Waals surface area contributed by atoms with Crippen molar-refractivity contribution in [1.82, 2.24) is 0 Å². The van der Waals surface area contributed by atoms with Gasteiger partial charge in [0.05, 0.1) is 0 Å². The minimum absolute atomic E-state index is 0.276. The predicted octanol–water partition coefficient (Wildman–Crippen LogP) is 15.5. The van der Waals surface area contributed by atoms with Gasteiger partial charge in [-0.1, -0.05) is 0 Å². The van der Waals surface area contributed by atoms with Crippen LogP contribution in [-0.4, -0.2) is 26.5 Å². The average Bonchev–Trinajstić information content (AvgIpc) is 3.49. The van der Waals surface area contributed by atoms with Crippen LogP contribution >= 0.6 is 0 Å². The maximum absolute atomic E-state index is 2.53. The van der Waals surface area contributed by atoms with E-state index in [1.165, 1.54) is 97.5 Å². The van der Waals surface area contributed by atoms with Crippen LogP contribution in [0.2, 0.25) is 34.5 Å². The van der Waals surface area contributed by atoms with Gasteiger partial charge in [-0.15, -0.1) is 0 Å². The van der Waals surface area contributed by atoms with Crippen molar-refractivity contribution >= 4 is 102 Å². The van der Waals surface area contributed by atoms with Gasteiger partial charge in [-0.2, -0.15) is 0 Å². The SMILES string of the molecule is CC1(C)c2cc(N(c3cc[c]([Ge]([CH3])([CH3])[CH3])cc3)c3cccc4ccccc34)ccc2-c2c1cc(N(c1cc[c]([Ge]([CH3])([CH3])[CH3])cc1)c1cccc3ccccc13)c1ccccc21. The van der Waals surface area contributed by atoms with Crippen molar-refractivity contribution in [2.75, 3.05) is 9.80 Å². The third-order valence-corrected chi connectivity index (χ3v) is 21.8. The molecule has 0 bridgehead atoms. The van der Waals surface area contributed by atoms with E-state index in [0.717, 1.165) is 0 Å². The van der Waals surface area contributed by atoms with Crippen molar-refractivity contribution in [2.45, 2.75) is 53.8 Å². The first-order chi connectivity index (χ1) is 29.3. The monoisotopic (exact) mass is 914 g/mol. The van der Waals surface area contributed by atoms with Crippen LogP contribution in [0.4, 0.5) is 34.1 Å². The Labute approximate surface area is 367 Å². The summed E-state index contributed by atoms with van der Waals surface area (Å²) in [6.45, 7) is 4.86. The molecule has 0 spiro atoms. The predicted molar refractivity (Wildman–Crippen MR) is 272 cm³/mol. The number of anilines is 6. The summed E-state index contributed by atoms with van der Waals surface area (Å²) in [4.78, 5) is 5.01. The van der Waals surface area contributed by atoms with Gasteiger partial charge >= 0.3 is 370 Å². The van der Waals surface area contributed by atoms with Crippen molar-refractivity contribution in [3.05, 3.63) is 193 Å². The summed E-state index contributed by atoms with van der Waals surface area (Å²) in [5.74, 6) is 14.8. The molecule has 0 saturated carbocycles. The van der Waals surface area contributed by atoms with E-state index in [2.05, 4.69) is 240 Å². The molecule has 4 heteroatoms. The molecule has 9 aromatic carbocycles. The van der Waals surface area contributed by atoms with E-state index in [9.17, 15) is 0 Å². The fraction of sp³-hybridized carbons (Fsp3) is 0.158.